The second-order valence-corrected chi connectivity index (χ2v) is 19.5. The number of rotatable bonds is 53. The summed E-state index contributed by atoms with van der Waals surface area (Å²) < 4.78 is 16.9. The van der Waals surface area contributed by atoms with E-state index in [0.717, 1.165) is 180 Å². The van der Waals surface area contributed by atoms with Crippen LogP contribution in [0, 0.1) is 0 Å². The van der Waals surface area contributed by atoms with Gasteiger partial charge in [-0.05, 0) is 135 Å². The van der Waals surface area contributed by atoms with E-state index in [1.54, 1.807) is 0 Å². The number of allylic oxidation sites excluding steroid dienone is 24. The summed E-state index contributed by atoms with van der Waals surface area (Å²) >= 11 is 0. The van der Waals surface area contributed by atoms with Crippen LogP contribution < -0.4 is 0 Å². The Morgan fingerprint density at radius 2 is 0.520 bits per heavy atom. The van der Waals surface area contributed by atoms with Crippen molar-refractivity contribution < 1.29 is 28.6 Å². The van der Waals surface area contributed by atoms with Gasteiger partial charge >= 0.3 is 17.9 Å². The van der Waals surface area contributed by atoms with Gasteiger partial charge in [-0.25, -0.2) is 0 Å². The Bertz CT molecular complexity index is 1660. The number of carbonyl (C=O) groups is 3. The molecule has 1 atom stereocenters. The molecule has 0 N–H and O–H groups in total. The third-order valence-electron chi connectivity index (χ3n) is 12.3. The Morgan fingerprint density at radius 1 is 0.280 bits per heavy atom. The Balaban J connectivity index is 4.42. The standard InChI is InChI=1S/C69H110O6/c1-4-7-10-13-16-19-22-25-27-29-30-31-32-33-34-35-36-37-38-40-41-44-47-50-53-56-59-62-68(71)74-65-66(64-73-67(70)61-58-55-52-49-46-43-24-21-18-15-12-9-6-3)75-69(72)63-60-57-54-51-48-45-42-39-28-26-23-20-17-14-11-8-5-2/h7-8,10-12,15-17,19-21,24-28,30-31,33-34,36-37,40-41,66H,4-6,9,13-14,18,22-23,29,32,35,38-39,42-65H2,1-3H3/b10-7-,11-8-,15-12-,19-16-,20-17-,24-21-,27-25-,28-26-,31-30-,34-33-,37-36-,41-40-. The van der Waals surface area contributed by atoms with Crippen molar-refractivity contribution in [3.05, 3.63) is 146 Å². The highest BCUT2D eigenvalue weighted by Gasteiger charge is 2.19. The average Bonchev–Trinajstić information content (AvgIpc) is 3.41. The molecule has 0 amide bonds. The summed E-state index contributed by atoms with van der Waals surface area (Å²) in [6.07, 6.45) is 88.4. The third kappa shape index (κ3) is 60.0. The summed E-state index contributed by atoms with van der Waals surface area (Å²) in [5, 5.41) is 0. The summed E-state index contributed by atoms with van der Waals surface area (Å²) in [5.74, 6) is -0.947. The van der Waals surface area contributed by atoms with Gasteiger partial charge in [-0.3, -0.25) is 14.4 Å². The summed E-state index contributed by atoms with van der Waals surface area (Å²) in [6, 6.07) is 0. The van der Waals surface area contributed by atoms with Gasteiger partial charge in [0.25, 0.3) is 0 Å². The molecule has 0 saturated carbocycles. The molecular weight excluding hydrogens is 925 g/mol. The van der Waals surface area contributed by atoms with Crippen molar-refractivity contribution in [2.75, 3.05) is 13.2 Å². The fraction of sp³-hybridized carbons (Fsp3) is 0.609. The van der Waals surface area contributed by atoms with Crippen molar-refractivity contribution in [1.29, 1.82) is 0 Å². The molecule has 0 aliphatic carbocycles. The smallest absolute Gasteiger partial charge is 0.306 e. The minimum atomic E-state index is -0.805. The summed E-state index contributed by atoms with van der Waals surface area (Å²) in [6.45, 7) is 6.31. The van der Waals surface area contributed by atoms with Crippen LogP contribution in [0.25, 0.3) is 0 Å². The van der Waals surface area contributed by atoms with Gasteiger partial charge in [0.2, 0.25) is 0 Å². The van der Waals surface area contributed by atoms with E-state index in [4.69, 9.17) is 14.2 Å². The molecule has 0 aliphatic heterocycles. The number of unbranched alkanes of at least 4 members (excludes halogenated alkanes) is 18. The predicted octanol–water partition coefficient (Wildman–Crippen LogP) is 20.8. The van der Waals surface area contributed by atoms with Crippen LogP contribution in [0.4, 0.5) is 0 Å². The first-order valence-corrected chi connectivity index (χ1v) is 30.3. The van der Waals surface area contributed by atoms with E-state index < -0.39 is 6.10 Å². The minimum absolute atomic E-state index is 0.101. The van der Waals surface area contributed by atoms with Crippen LogP contribution in [0.1, 0.15) is 252 Å². The molecule has 0 fully saturated rings. The zero-order valence-electron chi connectivity index (χ0n) is 48.3. The van der Waals surface area contributed by atoms with E-state index in [-0.39, 0.29) is 31.1 Å². The second kappa shape index (κ2) is 61.8. The summed E-state index contributed by atoms with van der Waals surface area (Å²) in [4.78, 5) is 38.2. The molecule has 0 saturated heterocycles. The van der Waals surface area contributed by atoms with Gasteiger partial charge in [-0.15, -0.1) is 0 Å². The first-order chi connectivity index (χ1) is 37.0. The molecule has 6 nitrogen and oxygen atoms in total. The topological polar surface area (TPSA) is 78.9 Å². The highest BCUT2D eigenvalue weighted by molar-refractivity contribution is 5.71. The zero-order chi connectivity index (χ0) is 54.3. The maximum absolute atomic E-state index is 12.9. The molecule has 422 valence electrons. The van der Waals surface area contributed by atoms with Crippen molar-refractivity contribution in [3.63, 3.8) is 0 Å². The van der Waals surface area contributed by atoms with E-state index in [9.17, 15) is 14.4 Å². The lowest BCUT2D eigenvalue weighted by atomic mass is 10.1. The van der Waals surface area contributed by atoms with Crippen molar-refractivity contribution >= 4 is 17.9 Å². The number of ether oxygens (including phenoxy) is 3. The SMILES string of the molecule is CC/C=C\C/C=C\C/C=C\C/C=C\C/C=C\C/C=C\C/C=C\CCCCCCCC(=O)OCC(COC(=O)CCCCCCC/C=C\C/C=C\CCC)OC(=O)CCCCCCCCC/C=C\C/C=C\C/C=C\CC. The van der Waals surface area contributed by atoms with Crippen LogP contribution in [0.15, 0.2) is 146 Å². The van der Waals surface area contributed by atoms with Gasteiger partial charge in [0.05, 0.1) is 0 Å². The quantitative estimate of drug-likeness (QED) is 0.0261. The molecule has 0 aromatic heterocycles. The Morgan fingerprint density at radius 3 is 0.813 bits per heavy atom. The first-order valence-electron chi connectivity index (χ1n) is 30.3. The number of carbonyl (C=O) groups excluding carboxylic acids is 3. The molecular formula is C69H110O6. The van der Waals surface area contributed by atoms with Crippen molar-refractivity contribution in [3.8, 4) is 0 Å². The summed E-state index contributed by atoms with van der Waals surface area (Å²) in [7, 11) is 0. The van der Waals surface area contributed by atoms with E-state index in [0.29, 0.717) is 19.3 Å². The lowest BCUT2D eigenvalue weighted by Crippen LogP contribution is -2.30. The fourth-order valence-corrected chi connectivity index (χ4v) is 7.83. The highest BCUT2D eigenvalue weighted by Crippen LogP contribution is 2.14. The largest absolute Gasteiger partial charge is 0.462 e. The van der Waals surface area contributed by atoms with Crippen LogP contribution in [-0.2, 0) is 28.6 Å². The van der Waals surface area contributed by atoms with Crippen LogP contribution in [-0.4, -0.2) is 37.2 Å². The minimum Gasteiger partial charge on any atom is -0.462 e. The van der Waals surface area contributed by atoms with Gasteiger partial charge in [-0.2, -0.15) is 0 Å². The van der Waals surface area contributed by atoms with Gasteiger partial charge in [0.1, 0.15) is 13.2 Å². The van der Waals surface area contributed by atoms with Gasteiger partial charge < -0.3 is 14.2 Å². The second-order valence-electron chi connectivity index (χ2n) is 19.5. The van der Waals surface area contributed by atoms with E-state index >= 15 is 0 Å². The van der Waals surface area contributed by atoms with E-state index in [1.165, 1.54) is 32.1 Å². The summed E-state index contributed by atoms with van der Waals surface area (Å²) in [5.41, 5.74) is 0. The Hall–Kier alpha value is -4.71. The van der Waals surface area contributed by atoms with Gasteiger partial charge in [0.15, 0.2) is 6.10 Å². The van der Waals surface area contributed by atoms with Crippen LogP contribution in [0.5, 0.6) is 0 Å². The predicted molar refractivity (Wildman–Crippen MR) is 325 cm³/mol. The lowest BCUT2D eigenvalue weighted by molar-refractivity contribution is -0.167. The molecule has 0 aromatic carbocycles. The molecule has 0 rings (SSSR count). The van der Waals surface area contributed by atoms with Crippen LogP contribution in [0.3, 0.4) is 0 Å². The number of esters is 3. The van der Waals surface area contributed by atoms with Crippen molar-refractivity contribution in [2.45, 2.75) is 258 Å². The number of hydrogen-bond acceptors (Lipinski definition) is 6. The molecule has 0 spiro atoms. The Labute approximate surface area is 461 Å². The zero-order valence-corrected chi connectivity index (χ0v) is 48.3. The van der Waals surface area contributed by atoms with E-state index in [2.05, 4.69) is 167 Å². The van der Waals surface area contributed by atoms with Gasteiger partial charge in [0, 0.05) is 19.3 Å². The van der Waals surface area contributed by atoms with Gasteiger partial charge in [-0.1, -0.05) is 244 Å². The highest BCUT2D eigenvalue weighted by atomic mass is 16.6. The van der Waals surface area contributed by atoms with E-state index in [1.807, 2.05) is 0 Å². The first kappa shape index (κ1) is 70.3. The normalized spacial score (nSPS) is 13.2. The van der Waals surface area contributed by atoms with Crippen LogP contribution in [0.2, 0.25) is 0 Å². The average molecular weight is 1040 g/mol. The molecule has 0 aromatic rings. The maximum Gasteiger partial charge on any atom is 0.306 e. The van der Waals surface area contributed by atoms with Crippen molar-refractivity contribution in [1.82, 2.24) is 0 Å². The number of hydrogen-bond donors (Lipinski definition) is 0. The molecule has 6 heteroatoms. The Kier molecular flexibility index (Phi) is 58.0. The molecule has 0 heterocycles. The monoisotopic (exact) mass is 1030 g/mol. The molecule has 1 unspecified atom stereocenters. The lowest BCUT2D eigenvalue weighted by Gasteiger charge is -2.18. The molecule has 75 heavy (non-hydrogen) atoms. The fourth-order valence-electron chi connectivity index (χ4n) is 7.83. The molecule has 0 bridgehead atoms. The molecule has 0 radical (unpaired) electrons. The third-order valence-corrected chi connectivity index (χ3v) is 12.3. The van der Waals surface area contributed by atoms with Crippen LogP contribution >= 0.6 is 0 Å². The maximum atomic E-state index is 12.9. The molecule has 0 aliphatic rings. The van der Waals surface area contributed by atoms with Crippen molar-refractivity contribution in [2.24, 2.45) is 0 Å².